The minimum absolute atomic E-state index is 0.0761. The number of hydrogen-bond acceptors (Lipinski definition) is 12. The number of unbranched alkanes of at least 4 members (excludes halogenated alkanes) is 2. The van der Waals surface area contributed by atoms with Gasteiger partial charge in [0.15, 0.2) is 5.72 Å². The van der Waals surface area contributed by atoms with Gasteiger partial charge in [-0.25, -0.2) is 9.59 Å². The van der Waals surface area contributed by atoms with Crippen molar-refractivity contribution in [2.24, 2.45) is 5.92 Å². The van der Waals surface area contributed by atoms with E-state index < -0.39 is 65.7 Å². The summed E-state index contributed by atoms with van der Waals surface area (Å²) in [5, 5.41) is 14.5. The van der Waals surface area contributed by atoms with Crippen LogP contribution >= 0.6 is 11.6 Å². The normalized spacial score (nSPS) is 29.0. The topological polar surface area (TPSA) is 194 Å². The Labute approximate surface area is 349 Å². The number of likely N-dealkylation sites (N-methyl/N-ethyl adjacent to an activating group) is 1. The van der Waals surface area contributed by atoms with E-state index >= 15 is 0 Å². The number of allylic oxidation sites excluding steroid dienone is 3. The lowest BCUT2D eigenvalue weighted by molar-refractivity contribution is -0.162. The molecule has 5 rings (SSSR count). The second-order valence-corrected chi connectivity index (χ2v) is 16.3. The number of imide groups is 1. The molecule has 0 spiro atoms. The highest BCUT2D eigenvalue weighted by Gasteiger charge is 2.64. The molecule has 1 aromatic carbocycles. The summed E-state index contributed by atoms with van der Waals surface area (Å²) < 4.78 is 29.3. The molecule has 1 aromatic rings. The third-order valence-corrected chi connectivity index (χ3v) is 12.1. The predicted octanol–water partition coefficient (Wildman–Crippen LogP) is 4.00. The largest absolute Gasteiger partial charge is 0.495 e. The lowest BCUT2D eigenvalue weighted by Crippen LogP contribution is -2.63. The molecule has 5 amide bonds. The van der Waals surface area contributed by atoms with Crippen molar-refractivity contribution in [3.8, 4) is 5.75 Å². The van der Waals surface area contributed by atoms with Gasteiger partial charge in [-0.15, -0.1) is 0 Å². The molecule has 16 nitrogen and oxygen atoms in total. The first-order valence-corrected chi connectivity index (χ1v) is 20.1. The molecule has 2 N–H and O–H groups in total. The van der Waals surface area contributed by atoms with Crippen LogP contribution in [-0.4, -0.2) is 127 Å². The van der Waals surface area contributed by atoms with E-state index in [-0.39, 0.29) is 48.6 Å². The number of hydrogen-bond donors (Lipinski definition) is 2. The number of aliphatic hydroxyl groups is 1. The molecule has 0 aromatic heterocycles. The number of alkyl carbamates (subject to hydrolysis) is 1. The Morgan fingerprint density at radius 3 is 2.47 bits per heavy atom. The third kappa shape index (κ3) is 10.2. The molecule has 322 valence electrons. The number of fused-ring (bicyclic) bond motifs is 5. The molecule has 59 heavy (non-hydrogen) atoms. The van der Waals surface area contributed by atoms with E-state index in [1.807, 2.05) is 13.0 Å². The summed E-state index contributed by atoms with van der Waals surface area (Å²) in [6.07, 6.45) is 4.78. The van der Waals surface area contributed by atoms with Gasteiger partial charge in [0, 0.05) is 58.7 Å². The smallest absolute Gasteiger partial charge is 0.409 e. The van der Waals surface area contributed by atoms with Crippen molar-refractivity contribution in [3.63, 3.8) is 0 Å². The number of nitrogens with one attached hydrogen (secondary N) is 1. The number of halogens is 1. The van der Waals surface area contributed by atoms with Crippen LogP contribution in [0.5, 0.6) is 5.75 Å². The van der Waals surface area contributed by atoms with Gasteiger partial charge in [0.25, 0.3) is 11.8 Å². The number of esters is 1. The highest BCUT2D eigenvalue weighted by atomic mass is 35.5. The van der Waals surface area contributed by atoms with Gasteiger partial charge < -0.3 is 38.6 Å². The summed E-state index contributed by atoms with van der Waals surface area (Å²) in [6, 6.07) is 2.50. The van der Waals surface area contributed by atoms with E-state index in [0.717, 1.165) is 16.0 Å². The SMILES string of the molecule is COc1cc2cc(c1Cl)N(C)C(=O)C[C@H](OC(=O)[C@H](C)N(C)C(=O)CCCCCN1C(=O)C=CC1=O)[C@]1(C)OC1[C@H](C)[C@@H]1C[C@@](O)(NC(=O)O1)[C@H](OC)C=CC=C(C)C2. The second-order valence-electron chi connectivity index (χ2n) is 15.9. The van der Waals surface area contributed by atoms with Gasteiger partial charge in [0.2, 0.25) is 11.8 Å². The van der Waals surface area contributed by atoms with Crippen LogP contribution in [0.4, 0.5) is 10.5 Å². The van der Waals surface area contributed by atoms with E-state index in [4.69, 9.17) is 35.3 Å². The number of benzene rings is 1. The van der Waals surface area contributed by atoms with E-state index in [1.54, 1.807) is 45.2 Å². The minimum Gasteiger partial charge on any atom is -0.495 e. The van der Waals surface area contributed by atoms with Crippen molar-refractivity contribution in [1.29, 1.82) is 0 Å². The summed E-state index contributed by atoms with van der Waals surface area (Å²) in [5.41, 5.74) is -1.05. The molecule has 0 saturated carbocycles. The van der Waals surface area contributed by atoms with Gasteiger partial charge in [-0.2, -0.15) is 0 Å². The standard InChI is InChI=1S/C42H55ClN4O12/c1-24-13-12-14-31(56-8)42(54)23-30(57-40(53)44-42)25(2)38-41(4,59-38)32(22-36(51)46(6)28-20-27(19-24)21-29(55-7)37(28)43)58-39(52)26(3)45(5)33(48)15-10-9-11-18-47-34(49)16-17-35(47)50/h12-14,16-17,20-21,25-26,30-32,38,54H,9-11,15,18-19,22-23H2,1-8H3,(H,44,53)/t25-,26+,30+,31-,32+,38?,41+,42+/m1/s1. The summed E-state index contributed by atoms with van der Waals surface area (Å²) in [6.45, 7) is 7.16. The fraction of sp³-hybridized carbons (Fsp3) is 0.571. The summed E-state index contributed by atoms with van der Waals surface area (Å²) in [5.74, 6) is -2.49. The highest BCUT2D eigenvalue weighted by molar-refractivity contribution is 6.35. The van der Waals surface area contributed by atoms with Crippen LogP contribution in [-0.2, 0) is 49.3 Å². The van der Waals surface area contributed by atoms with E-state index in [1.165, 1.54) is 50.1 Å². The number of carbonyl (C=O) groups is 6. The van der Waals surface area contributed by atoms with Crippen LogP contribution in [0.15, 0.2) is 48.1 Å². The molecule has 0 radical (unpaired) electrons. The first-order valence-electron chi connectivity index (χ1n) is 19.7. The summed E-state index contributed by atoms with van der Waals surface area (Å²) in [4.78, 5) is 81.6. The van der Waals surface area contributed by atoms with E-state index in [9.17, 15) is 33.9 Å². The monoisotopic (exact) mass is 842 g/mol. The molecular formula is C42H55ClN4O12. The Kier molecular flexibility index (Phi) is 14.3. The Bertz CT molecular complexity index is 1900. The molecule has 0 aliphatic carbocycles. The van der Waals surface area contributed by atoms with Crippen molar-refractivity contribution in [3.05, 3.63) is 58.7 Å². The Morgan fingerprint density at radius 1 is 1.12 bits per heavy atom. The van der Waals surface area contributed by atoms with Crippen LogP contribution in [0.2, 0.25) is 5.02 Å². The number of nitrogens with zero attached hydrogens (tertiary/aromatic N) is 3. The number of ether oxygens (including phenoxy) is 5. The van der Waals surface area contributed by atoms with Crippen molar-refractivity contribution in [2.75, 3.05) is 39.8 Å². The van der Waals surface area contributed by atoms with Crippen LogP contribution in [0.3, 0.4) is 0 Å². The maximum absolute atomic E-state index is 14.2. The molecule has 4 bridgehead atoms. The third-order valence-electron chi connectivity index (χ3n) is 11.7. The zero-order valence-electron chi connectivity index (χ0n) is 34.8. The molecule has 2 saturated heterocycles. The number of methoxy groups -OCH3 is 2. The molecule has 17 heteroatoms. The van der Waals surface area contributed by atoms with Crippen LogP contribution in [0.1, 0.15) is 71.8 Å². The van der Waals surface area contributed by atoms with Crippen molar-refractivity contribution >= 4 is 53.0 Å². The first-order chi connectivity index (χ1) is 27.8. The molecule has 4 aliphatic heterocycles. The number of epoxide rings is 1. The highest BCUT2D eigenvalue weighted by Crippen LogP contribution is 2.49. The van der Waals surface area contributed by atoms with Crippen molar-refractivity contribution in [2.45, 2.75) is 114 Å². The number of rotatable bonds is 11. The van der Waals surface area contributed by atoms with Crippen LogP contribution < -0.4 is 15.0 Å². The number of carbonyl (C=O) groups excluding carboxylic acids is 6. The molecule has 1 unspecified atom stereocenters. The van der Waals surface area contributed by atoms with Gasteiger partial charge >= 0.3 is 12.1 Å². The van der Waals surface area contributed by atoms with Gasteiger partial charge in [-0.3, -0.25) is 29.4 Å². The zero-order chi connectivity index (χ0) is 43.4. The van der Waals surface area contributed by atoms with Gasteiger partial charge in [-0.05, 0) is 57.7 Å². The summed E-state index contributed by atoms with van der Waals surface area (Å²) >= 11 is 6.77. The van der Waals surface area contributed by atoms with Gasteiger partial charge in [0.1, 0.15) is 40.7 Å². The molecule has 2 fully saturated rings. The number of amides is 5. The molecular weight excluding hydrogens is 788 g/mol. The average Bonchev–Trinajstić information content (AvgIpc) is 3.79. The van der Waals surface area contributed by atoms with Gasteiger partial charge in [-0.1, -0.05) is 48.7 Å². The first kappa shape index (κ1) is 45.3. The quantitative estimate of drug-likeness (QED) is 0.141. The maximum Gasteiger partial charge on any atom is 0.409 e. The van der Waals surface area contributed by atoms with Crippen molar-refractivity contribution in [1.82, 2.24) is 15.1 Å². The number of anilines is 1. The minimum atomic E-state index is -1.85. The Hall–Kier alpha value is -4.77. The Morgan fingerprint density at radius 2 is 1.81 bits per heavy atom. The molecule has 4 heterocycles. The zero-order valence-corrected chi connectivity index (χ0v) is 35.6. The fourth-order valence-electron chi connectivity index (χ4n) is 7.77. The van der Waals surface area contributed by atoms with Gasteiger partial charge in [0.05, 0.1) is 25.3 Å². The van der Waals surface area contributed by atoms with E-state index in [0.29, 0.717) is 37.1 Å². The predicted molar refractivity (Wildman–Crippen MR) is 215 cm³/mol. The van der Waals surface area contributed by atoms with Crippen LogP contribution in [0.25, 0.3) is 0 Å². The van der Waals surface area contributed by atoms with Crippen LogP contribution in [0, 0.1) is 5.92 Å². The van der Waals surface area contributed by atoms with E-state index in [2.05, 4.69) is 5.32 Å². The maximum atomic E-state index is 14.2. The average molecular weight is 843 g/mol. The lowest BCUT2D eigenvalue weighted by Gasteiger charge is -2.42. The molecule has 4 aliphatic rings. The lowest BCUT2D eigenvalue weighted by atomic mass is 9.83. The molecule has 8 atom stereocenters. The fourth-order valence-corrected chi connectivity index (χ4v) is 8.08. The van der Waals surface area contributed by atoms with Crippen molar-refractivity contribution < 1.29 is 57.6 Å². The Balaban J connectivity index is 1.39. The summed E-state index contributed by atoms with van der Waals surface area (Å²) in [7, 11) is 5.94. The second kappa shape index (κ2) is 18.7.